The number of hydrogen-bond donors (Lipinski definition) is 0. The van der Waals surface area contributed by atoms with Crippen molar-refractivity contribution in [1.82, 2.24) is 0 Å². The van der Waals surface area contributed by atoms with Gasteiger partial charge in [0, 0.05) is 36.0 Å². The van der Waals surface area contributed by atoms with Gasteiger partial charge in [0.05, 0.1) is 19.8 Å². The molecule has 0 aromatic heterocycles. The summed E-state index contributed by atoms with van der Waals surface area (Å²) in [6.45, 7) is 26.7. The first kappa shape index (κ1) is 51.3. The molecule has 0 aliphatic rings. The van der Waals surface area contributed by atoms with Crippen molar-refractivity contribution >= 4 is 26.5 Å². The van der Waals surface area contributed by atoms with Gasteiger partial charge in [0.15, 0.2) is 0 Å². The molecule has 0 spiro atoms. The van der Waals surface area contributed by atoms with Crippen molar-refractivity contribution in [3.05, 3.63) is 88.0 Å². The van der Waals surface area contributed by atoms with E-state index in [0.29, 0.717) is 75.6 Å². The van der Waals surface area contributed by atoms with E-state index in [0.717, 1.165) is 71.9 Å². The molecule has 0 saturated carbocycles. The lowest BCUT2D eigenvalue weighted by Crippen LogP contribution is -2.17. The lowest BCUT2D eigenvalue weighted by Gasteiger charge is -2.29. The molecule has 338 valence electrons. The Kier molecular flexibility index (Phi) is 20.6. The Labute approximate surface area is 369 Å². The summed E-state index contributed by atoms with van der Waals surface area (Å²) >= 11 is 0. The highest BCUT2D eigenvalue weighted by Gasteiger charge is 2.31. The molecule has 0 saturated heterocycles. The lowest BCUT2D eigenvalue weighted by molar-refractivity contribution is -0.144. The third kappa shape index (κ3) is 18.0. The number of ether oxygens (including phenoxy) is 3. The first-order valence-corrected chi connectivity index (χ1v) is 23.6. The van der Waals surface area contributed by atoms with Gasteiger partial charge in [-0.25, -0.2) is 0 Å². The smallest absolute Gasteiger partial charge is 0.466 e. The number of esters is 3. The number of benzene rings is 3. The minimum atomic E-state index is -2.11. The zero-order chi connectivity index (χ0) is 45.2. The van der Waals surface area contributed by atoms with E-state index in [-0.39, 0.29) is 34.2 Å². The fourth-order valence-corrected chi connectivity index (χ4v) is 7.51. The Morgan fingerprint density at radius 1 is 0.443 bits per heavy atom. The highest BCUT2D eigenvalue weighted by Crippen LogP contribution is 2.49. The predicted octanol–water partition coefficient (Wildman–Crippen LogP) is 13.2. The molecule has 0 bridgehead atoms. The summed E-state index contributed by atoms with van der Waals surface area (Å²) in [6.07, 6.45) is 8.01. The maximum Gasteiger partial charge on any atom is 0.530 e. The molecule has 3 rings (SSSR count). The van der Waals surface area contributed by atoms with Crippen LogP contribution in [-0.4, -0.2) is 37.7 Å². The van der Waals surface area contributed by atoms with Crippen LogP contribution in [0.2, 0.25) is 0 Å². The van der Waals surface area contributed by atoms with E-state index >= 15 is 0 Å². The van der Waals surface area contributed by atoms with E-state index in [9.17, 15) is 14.4 Å². The van der Waals surface area contributed by atoms with E-state index in [1.165, 1.54) is 0 Å². The van der Waals surface area contributed by atoms with Gasteiger partial charge in [-0.15, -0.1) is 0 Å². The summed E-state index contributed by atoms with van der Waals surface area (Å²) in [5.74, 6) is 1.28. The molecular weight excluding hydrogens is 788 g/mol. The largest absolute Gasteiger partial charge is 0.530 e. The Morgan fingerprint density at radius 3 is 0.934 bits per heavy atom. The molecule has 0 heterocycles. The van der Waals surface area contributed by atoms with Gasteiger partial charge >= 0.3 is 26.5 Å². The van der Waals surface area contributed by atoms with E-state index in [1.54, 1.807) is 0 Å². The standard InChI is InChI=1S/C51H75O9P/c1-13-16-31-55-46(52)28-22-37-19-25-43(40(34-37)49(4,5)6)58-61(59-44-26-20-38(35-41(44)50(7,8)9)23-29-47(53)56-32-17-14-2)60-45-27-21-39(36-42(45)51(10,11)12)24-30-48(54)57-33-18-15-3/h19-21,25-27,34-36H,13-18,22-24,28-33H2,1-12H3. The van der Waals surface area contributed by atoms with Crippen LogP contribution in [-0.2, 0) is 64.1 Å². The topological polar surface area (TPSA) is 107 Å². The van der Waals surface area contributed by atoms with Gasteiger partial charge in [-0.1, -0.05) is 139 Å². The monoisotopic (exact) mass is 863 g/mol. The maximum atomic E-state index is 12.5. The van der Waals surface area contributed by atoms with E-state index in [1.807, 2.05) is 36.4 Å². The third-order valence-electron chi connectivity index (χ3n) is 10.2. The van der Waals surface area contributed by atoms with Crippen LogP contribution in [0, 0.1) is 0 Å². The second-order valence-electron chi connectivity index (χ2n) is 19.0. The molecule has 0 fully saturated rings. The molecule has 0 unspecified atom stereocenters. The molecule has 0 aliphatic carbocycles. The molecule has 3 aromatic carbocycles. The molecule has 9 nitrogen and oxygen atoms in total. The summed E-state index contributed by atoms with van der Waals surface area (Å²) < 4.78 is 36.9. The summed E-state index contributed by atoms with van der Waals surface area (Å²) in [7, 11) is -2.11. The van der Waals surface area contributed by atoms with Crippen LogP contribution >= 0.6 is 8.60 Å². The summed E-state index contributed by atoms with van der Waals surface area (Å²) in [4.78, 5) is 37.4. The molecule has 0 N–H and O–H groups in total. The number of carbonyl (C=O) groups is 3. The van der Waals surface area contributed by atoms with Crippen molar-refractivity contribution in [3.63, 3.8) is 0 Å². The Hall–Kier alpha value is -4.10. The zero-order valence-corrected chi connectivity index (χ0v) is 40.3. The fraction of sp³-hybridized carbons (Fsp3) is 0.588. The Morgan fingerprint density at radius 2 is 0.705 bits per heavy atom. The fourth-order valence-electron chi connectivity index (χ4n) is 6.44. The minimum Gasteiger partial charge on any atom is -0.466 e. The number of carbonyl (C=O) groups excluding carboxylic acids is 3. The molecule has 61 heavy (non-hydrogen) atoms. The van der Waals surface area contributed by atoms with Crippen LogP contribution < -0.4 is 13.6 Å². The molecule has 0 amide bonds. The van der Waals surface area contributed by atoms with Crippen LogP contribution in [0.3, 0.4) is 0 Å². The van der Waals surface area contributed by atoms with Crippen molar-refractivity contribution < 1.29 is 42.2 Å². The SMILES string of the molecule is CCCCOC(=O)CCc1ccc(OP(Oc2ccc(CCC(=O)OCCCC)cc2C(C)(C)C)Oc2ccc(CCC(=O)OCCCC)cc2C(C)(C)C)c(C(C)(C)C)c1. The first-order valence-electron chi connectivity index (χ1n) is 22.5. The highest BCUT2D eigenvalue weighted by molar-refractivity contribution is 7.43. The van der Waals surface area contributed by atoms with Gasteiger partial charge in [0.25, 0.3) is 0 Å². The maximum absolute atomic E-state index is 12.5. The number of rotatable bonds is 24. The van der Waals surface area contributed by atoms with Crippen molar-refractivity contribution in [2.24, 2.45) is 0 Å². The van der Waals surface area contributed by atoms with E-state index in [2.05, 4.69) is 101 Å². The minimum absolute atomic E-state index is 0.198. The van der Waals surface area contributed by atoms with Gasteiger partial charge < -0.3 is 27.8 Å². The molecular formula is C51H75O9P. The molecule has 0 radical (unpaired) electrons. The van der Waals surface area contributed by atoms with Crippen molar-refractivity contribution in [1.29, 1.82) is 0 Å². The summed E-state index contributed by atoms with van der Waals surface area (Å²) in [6, 6.07) is 18.1. The Bertz CT molecular complexity index is 1630. The first-order chi connectivity index (χ1) is 28.7. The lowest BCUT2D eigenvalue weighted by atomic mass is 9.85. The Balaban J connectivity index is 2.04. The zero-order valence-electron chi connectivity index (χ0n) is 39.4. The van der Waals surface area contributed by atoms with E-state index < -0.39 is 8.60 Å². The average Bonchev–Trinajstić information content (AvgIpc) is 3.18. The van der Waals surface area contributed by atoms with Crippen molar-refractivity contribution in [2.75, 3.05) is 19.8 Å². The number of unbranched alkanes of at least 4 members (excludes halogenated alkanes) is 3. The van der Waals surface area contributed by atoms with Gasteiger partial charge in [-0.2, -0.15) is 0 Å². The summed E-state index contributed by atoms with van der Waals surface area (Å²) in [5, 5.41) is 0. The van der Waals surface area contributed by atoms with Crippen LogP contribution in [0.4, 0.5) is 0 Å². The quantitative estimate of drug-likeness (QED) is 0.0376. The molecule has 0 aliphatic heterocycles. The van der Waals surface area contributed by atoms with Crippen LogP contribution in [0.1, 0.15) is 174 Å². The number of aryl methyl sites for hydroxylation is 3. The van der Waals surface area contributed by atoms with Gasteiger partial charge in [0.2, 0.25) is 0 Å². The predicted molar refractivity (Wildman–Crippen MR) is 247 cm³/mol. The second kappa shape index (κ2) is 24.5. The normalized spacial score (nSPS) is 12.0. The van der Waals surface area contributed by atoms with Gasteiger partial charge in [-0.05, 0) is 89.7 Å². The van der Waals surface area contributed by atoms with E-state index in [4.69, 9.17) is 27.8 Å². The van der Waals surface area contributed by atoms with Gasteiger partial charge in [-0.3, -0.25) is 14.4 Å². The summed E-state index contributed by atoms with van der Waals surface area (Å²) in [5.41, 5.74) is 4.94. The highest BCUT2D eigenvalue weighted by atomic mass is 31.2. The van der Waals surface area contributed by atoms with Crippen LogP contribution in [0.15, 0.2) is 54.6 Å². The third-order valence-corrected chi connectivity index (χ3v) is 11.2. The molecule has 10 heteroatoms. The van der Waals surface area contributed by atoms with Crippen LogP contribution in [0.25, 0.3) is 0 Å². The van der Waals surface area contributed by atoms with Crippen molar-refractivity contribution in [3.8, 4) is 17.2 Å². The second-order valence-corrected chi connectivity index (χ2v) is 20.0. The van der Waals surface area contributed by atoms with Crippen molar-refractivity contribution in [2.45, 2.75) is 176 Å². The molecule has 0 atom stereocenters. The van der Waals surface area contributed by atoms with Crippen LogP contribution in [0.5, 0.6) is 17.2 Å². The van der Waals surface area contributed by atoms with Gasteiger partial charge in [0.1, 0.15) is 17.2 Å². The average molecular weight is 863 g/mol. The molecule has 3 aromatic rings. The number of hydrogen-bond acceptors (Lipinski definition) is 9.